The number of hydrogen-bond acceptors (Lipinski definition) is 2. The molecule has 0 aliphatic heterocycles. The van der Waals surface area contributed by atoms with Crippen LogP contribution in [0.15, 0.2) is 54.6 Å². The van der Waals surface area contributed by atoms with Crippen LogP contribution in [0.25, 0.3) is 0 Å². The first kappa shape index (κ1) is 16.1. The van der Waals surface area contributed by atoms with Crippen LogP contribution in [0.5, 0.6) is 5.75 Å². The fourth-order valence-electron chi connectivity index (χ4n) is 2.23. The highest BCUT2D eigenvalue weighted by molar-refractivity contribution is 5.78. The van der Waals surface area contributed by atoms with E-state index >= 15 is 0 Å². The molecule has 0 N–H and O–H groups in total. The van der Waals surface area contributed by atoms with Crippen molar-refractivity contribution in [3.05, 3.63) is 65.7 Å². The number of carbonyl (C=O) groups excluding carboxylic acids is 1. The van der Waals surface area contributed by atoms with E-state index in [2.05, 4.69) is 0 Å². The minimum Gasteiger partial charge on any atom is -0.493 e. The van der Waals surface area contributed by atoms with E-state index in [-0.39, 0.29) is 5.91 Å². The summed E-state index contributed by atoms with van der Waals surface area (Å²) in [5, 5.41) is 0. The minimum atomic E-state index is 0.141. The molecule has 116 valence electrons. The molecule has 2 aromatic rings. The normalized spacial score (nSPS) is 10.3. The number of amides is 1. The van der Waals surface area contributed by atoms with Gasteiger partial charge in [0.25, 0.3) is 0 Å². The van der Waals surface area contributed by atoms with E-state index < -0.39 is 0 Å². The van der Waals surface area contributed by atoms with Crippen LogP contribution in [0.3, 0.4) is 0 Å². The lowest BCUT2D eigenvalue weighted by molar-refractivity contribution is -0.129. The number of ether oxygens (including phenoxy) is 1. The van der Waals surface area contributed by atoms with E-state index in [0.29, 0.717) is 19.6 Å². The monoisotopic (exact) mass is 297 g/mol. The molecule has 0 saturated carbocycles. The van der Waals surface area contributed by atoms with Crippen molar-refractivity contribution < 1.29 is 9.53 Å². The molecular weight excluding hydrogens is 274 g/mol. The highest BCUT2D eigenvalue weighted by atomic mass is 16.5. The second-order valence-electron chi connectivity index (χ2n) is 5.45. The van der Waals surface area contributed by atoms with Gasteiger partial charge in [0, 0.05) is 13.6 Å². The Labute approximate surface area is 132 Å². The molecule has 0 heterocycles. The average molecular weight is 297 g/mol. The Morgan fingerprint density at radius 2 is 1.73 bits per heavy atom. The van der Waals surface area contributed by atoms with Crippen molar-refractivity contribution >= 4 is 5.91 Å². The van der Waals surface area contributed by atoms with Gasteiger partial charge in [-0.3, -0.25) is 4.79 Å². The van der Waals surface area contributed by atoms with Crippen LogP contribution in [0, 0.1) is 6.92 Å². The number of aryl methyl sites for hydroxylation is 1. The third kappa shape index (κ3) is 4.92. The van der Waals surface area contributed by atoms with Gasteiger partial charge >= 0.3 is 0 Å². The molecule has 0 saturated heterocycles. The van der Waals surface area contributed by atoms with Crippen LogP contribution in [0.2, 0.25) is 0 Å². The van der Waals surface area contributed by atoms with Crippen LogP contribution in [0.4, 0.5) is 0 Å². The molecule has 0 atom stereocenters. The van der Waals surface area contributed by atoms with Crippen molar-refractivity contribution in [2.24, 2.45) is 0 Å². The average Bonchev–Trinajstić information content (AvgIpc) is 2.53. The Morgan fingerprint density at radius 1 is 1.05 bits per heavy atom. The minimum absolute atomic E-state index is 0.141. The van der Waals surface area contributed by atoms with E-state index in [9.17, 15) is 4.79 Å². The lowest BCUT2D eigenvalue weighted by Crippen LogP contribution is -2.30. The van der Waals surface area contributed by atoms with Crippen molar-refractivity contribution in [2.75, 3.05) is 20.2 Å². The molecule has 0 radical (unpaired) electrons. The molecule has 2 aromatic carbocycles. The molecule has 0 aromatic heterocycles. The lowest BCUT2D eigenvalue weighted by atomic mass is 10.1. The Bertz CT molecular complexity index is 595. The number of rotatable bonds is 7. The van der Waals surface area contributed by atoms with Crippen molar-refractivity contribution in [3.8, 4) is 5.75 Å². The molecule has 3 heteroatoms. The van der Waals surface area contributed by atoms with Crippen LogP contribution in [0.1, 0.15) is 17.5 Å². The summed E-state index contributed by atoms with van der Waals surface area (Å²) in [6.45, 7) is 3.36. The number of carbonyl (C=O) groups is 1. The highest BCUT2D eigenvalue weighted by Crippen LogP contribution is 2.16. The smallest absolute Gasteiger partial charge is 0.226 e. The maximum absolute atomic E-state index is 12.1. The standard InChI is InChI=1S/C19H23NO2/c1-16-9-6-7-12-18(16)22-14-8-13-20(2)19(21)15-17-10-4-3-5-11-17/h3-7,9-12H,8,13-15H2,1-2H3. The molecular formula is C19H23NO2. The second-order valence-corrected chi connectivity index (χ2v) is 5.45. The quantitative estimate of drug-likeness (QED) is 0.732. The molecule has 22 heavy (non-hydrogen) atoms. The molecule has 0 fully saturated rings. The van der Waals surface area contributed by atoms with E-state index in [4.69, 9.17) is 4.74 Å². The van der Waals surface area contributed by atoms with Crippen molar-refractivity contribution in [3.63, 3.8) is 0 Å². The third-order valence-corrected chi connectivity index (χ3v) is 3.61. The zero-order valence-electron chi connectivity index (χ0n) is 13.3. The molecule has 2 rings (SSSR count). The van der Waals surface area contributed by atoms with E-state index in [1.807, 2.05) is 68.6 Å². The molecule has 3 nitrogen and oxygen atoms in total. The van der Waals surface area contributed by atoms with Crippen LogP contribution >= 0.6 is 0 Å². The van der Waals surface area contributed by atoms with Gasteiger partial charge in [-0.2, -0.15) is 0 Å². The number of benzene rings is 2. The molecule has 0 spiro atoms. The van der Waals surface area contributed by atoms with Crippen molar-refractivity contribution in [1.82, 2.24) is 4.90 Å². The molecule has 0 bridgehead atoms. The van der Waals surface area contributed by atoms with Gasteiger partial charge in [0.2, 0.25) is 5.91 Å². The second kappa shape index (κ2) is 8.23. The summed E-state index contributed by atoms with van der Waals surface area (Å²) in [4.78, 5) is 13.9. The topological polar surface area (TPSA) is 29.5 Å². The fraction of sp³-hybridized carbons (Fsp3) is 0.316. The van der Waals surface area contributed by atoms with Gasteiger partial charge < -0.3 is 9.64 Å². The summed E-state index contributed by atoms with van der Waals surface area (Å²) in [5.41, 5.74) is 2.19. The third-order valence-electron chi connectivity index (χ3n) is 3.61. The Balaban J connectivity index is 1.70. The number of nitrogens with zero attached hydrogens (tertiary/aromatic N) is 1. The van der Waals surface area contributed by atoms with Gasteiger partial charge in [0.15, 0.2) is 0 Å². The van der Waals surface area contributed by atoms with E-state index in [1.165, 1.54) is 0 Å². The Hall–Kier alpha value is -2.29. The number of hydrogen-bond donors (Lipinski definition) is 0. The van der Waals surface area contributed by atoms with E-state index in [1.54, 1.807) is 4.90 Å². The first-order valence-corrected chi connectivity index (χ1v) is 7.63. The maximum Gasteiger partial charge on any atom is 0.226 e. The van der Waals surface area contributed by atoms with Crippen LogP contribution < -0.4 is 4.74 Å². The molecule has 1 amide bonds. The van der Waals surface area contributed by atoms with Gasteiger partial charge in [-0.1, -0.05) is 48.5 Å². The summed E-state index contributed by atoms with van der Waals surface area (Å²) in [6.07, 6.45) is 1.28. The molecule has 0 unspecified atom stereocenters. The first-order valence-electron chi connectivity index (χ1n) is 7.63. The predicted molar refractivity (Wildman–Crippen MR) is 89.1 cm³/mol. The fourth-order valence-corrected chi connectivity index (χ4v) is 2.23. The van der Waals surface area contributed by atoms with Crippen LogP contribution in [-0.4, -0.2) is 31.0 Å². The summed E-state index contributed by atoms with van der Waals surface area (Å²) in [5.74, 6) is 1.06. The van der Waals surface area contributed by atoms with Gasteiger partial charge in [0.1, 0.15) is 5.75 Å². The van der Waals surface area contributed by atoms with Gasteiger partial charge in [-0.15, -0.1) is 0 Å². The van der Waals surface area contributed by atoms with Crippen LogP contribution in [-0.2, 0) is 11.2 Å². The lowest BCUT2D eigenvalue weighted by Gasteiger charge is -2.17. The largest absolute Gasteiger partial charge is 0.493 e. The van der Waals surface area contributed by atoms with E-state index in [0.717, 1.165) is 23.3 Å². The van der Waals surface area contributed by atoms with Gasteiger partial charge in [-0.25, -0.2) is 0 Å². The van der Waals surface area contributed by atoms with Crippen molar-refractivity contribution in [1.29, 1.82) is 0 Å². The summed E-state index contributed by atoms with van der Waals surface area (Å²) in [6, 6.07) is 17.8. The van der Waals surface area contributed by atoms with Gasteiger partial charge in [-0.05, 0) is 30.5 Å². The molecule has 0 aliphatic rings. The molecule has 0 aliphatic carbocycles. The zero-order chi connectivity index (χ0) is 15.8. The SMILES string of the molecule is Cc1ccccc1OCCCN(C)C(=O)Cc1ccccc1. The number of likely N-dealkylation sites (N-methyl/N-ethyl adjacent to an activating group) is 1. The Kier molecular flexibility index (Phi) is 6.01. The Morgan fingerprint density at radius 3 is 2.45 bits per heavy atom. The summed E-state index contributed by atoms with van der Waals surface area (Å²) < 4.78 is 5.75. The zero-order valence-corrected chi connectivity index (χ0v) is 13.3. The summed E-state index contributed by atoms with van der Waals surface area (Å²) >= 11 is 0. The highest BCUT2D eigenvalue weighted by Gasteiger charge is 2.09. The van der Waals surface area contributed by atoms with Gasteiger partial charge in [0.05, 0.1) is 13.0 Å². The first-order chi connectivity index (χ1) is 10.7. The van der Waals surface area contributed by atoms with Crippen molar-refractivity contribution in [2.45, 2.75) is 19.8 Å². The predicted octanol–water partition coefficient (Wildman–Crippen LogP) is 3.47. The summed E-state index contributed by atoms with van der Waals surface area (Å²) in [7, 11) is 1.85. The number of para-hydroxylation sites is 1. The maximum atomic E-state index is 12.1.